The number of para-hydroxylation sites is 1. The number of nitrogens with one attached hydrogen (secondary N) is 1. The van der Waals surface area contributed by atoms with Gasteiger partial charge in [0.25, 0.3) is 5.91 Å². The van der Waals surface area contributed by atoms with Crippen molar-refractivity contribution in [3.63, 3.8) is 0 Å². The minimum absolute atomic E-state index is 0.144. The van der Waals surface area contributed by atoms with Crippen LogP contribution in [0.1, 0.15) is 53.8 Å². The Morgan fingerprint density at radius 2 is 1.86 bits per heavy atom. The molecule has 0 spiro atoms. The number of furan rings is 1. The summed E-state index contributed by atoms with van der Waals surface area (Å²) in [7, 11) is 3.02. The van der Waals surface area contributed by atoms with E-state index in [2.05, 4.69) is 5.32 Å². The van der Waals surface area contributed by atoms with Crippen molar-refractivity contribution in [2.75, 3.05) is 38.8 Å². The maximum absolute atomic E-state index is 14.1. The summed E-state index contributed by atoms with van der Waals surface area (Å²) in [5, 5.41) is 22.3. The third-order valence-electron chi connectivity index (χ3n) is 7.07. The van der Waals surface area contributed by atoms with E-state index in [1.165, 1.54) is 31.3 Å². The first kappa shape index (κ1) is 31.9. The number of anilines is 1. The average molecular weight is 615 g/mol. The molecular formula is C31H35ClN2O9. The highest BCUT2D eigenvalue weighted by molar-refractivity contribution is 6.30. The first-order chi connectivity index (χ1) is 20.5. The minimum atomic E-state index is -1.22. The second kappa shape index (κ2) is 13.5. The van der Waals surface area contributed by atoms with E-state index >= 15 is 0 Å². The second-order valence-electron chi connectivity index (χ2n) is 10.9. The summed E-state index contributed by atoms with van der Waals surface area (Å²) in [6, 6.07) is 13.3. The smallest absolute Gasteiger partial charge is 0.371 e. The lowest BCUT2D eigenvalue weighted by atomic mass is 9.92. The number of rotatable bonds is 12. The lowest BCUT2D eigenvalue weighted by molar-refractivity contribution is -0.138. The molecule has 2 aromatic carbocycles. The number of carboxylic acid groups (broad SMARTS) is 1. The molecule has 0 saturated carbocycles. The fourth-order valence-electron chi connectivity index (χ4n) is 4.90. The summed E-state index contributed by atoms with van der Waals surface area (Å²) in [5.41, 5.74) is 1.00. The number of aromatic carboxylic acids is 1. The van der Waals surface area contributed by atoms with Gasteiger partial charge in [-0.1, -0.05) is 37.6 Å². The van der Waals surface area contributed by atoms with E-state index in [0.717, 1.165) is 0 Å². The summed E-state index contributed by atoms with van der Waals surface area (Å²) < 4.78 is 22.9. The molecule has 4 rings (SSSR count). The maximum Gasteiger partial charge on any atom is 0.371 e. The van der Waals surface area contributed by atoms with Crippen molar-refractivity contribution < 1.29 is 43.2 Å². The van der Waals surface area contributed by atoms with Crippen LogP contribution in [0.15, 0.2) is 52.9 Å². The van der Waals surface area contributed by atoms with Crippen LogP contribution in [0.3, 0.4) is 0 Å². The highest BCUT2D eigenvalue weighted by Crippen LogP contribution is 2.45. The zero-order valence-corrected chi connectivity index (χ0v) is 25.1. The zero-order chi connectivity index (χ0) is 31.3. The molecule has 1 aliphatic rings. The molecule has 3 N–H and O–H groups in total. The van der Waals surface area contributed by atoms with Gasteiger partial charge < -0.3 is 39.1 Å². The Bertz CT molecular complexity index is 1490. The molecule has 2 heterocycles. The molecule has 0 aliphatic carbocycles. The first-order valence-electron chi connectivity index (χ1n) is 13.6. The molecule has 0 bridgehead atoms. The minimum Gasteiger partial charge on any atom is -0.493 e. The Labute approximate surface area is 254 Å². The van der Waals surface area contributed by atoms with Crippen LogP contribution < -0.4 is 19.7 Å². The SMILES string of the molecule is COc1cccc([C@H]2O[C@H](CC(=O)NCCc3ccc(C(=O)O)o3)C(=O)N(CC(C)(C)CO)c3ccc(Cl)cc32)c1OC. The number of carbonyl (C=O) groups is 3. The molecule has 1 aromatic heterocycles. The number of hydrogen-bond donors (Lipinski definition) is 3. The Balaban J connectivity index is 1.68. The van der Waals surface area contributed by atoms with Gasteiger partial charge >= 0.3 is 5.97 Å². The Kier molecular flexibility index (Phi) is 10.0. The van der Waals surface area contributed by atoms with Gasteiger partial charge in [-0.2, -0.15) is 0 Å². The van der Waals surface area contributed by atoms with Crippen LogP contribution >= 0.6 is 11.6 Å². The monoisotopic (exact) mass is 614 g/mol. The van der Waals surface area contributed by atoms with Crippen LogP contribution in [-0.4, -0.2) is 68.0 Å². The Morgan fingerprint density at radius 1 is 1.09 bits per heavy atom. The van der Waals surface area contributed by atoms with Crippen molar-refractivity contribution in [1.82, 2.24) is 5.32 Å². The van der Waals surface area contributed by atoms with Crippen LogP contribution in [0.5, 0.6) is 11.5 Å². The Hall–Kier alpha value is -4.06. The summed E-state index contributed by atoms with van der Waals surface area (Å²) in [4.78, 5) is 39.8. The summed E-state index contributed by atoms with van der Waals surface area (Å²) in [5.74, 6) is -1.03. The molecule has 2 amide bonds. The molecule has 11 nitrogen and oxygen atoms in total. The van der Waals surface area contributed by atoms with Crippen LogP contribution in [0.4, 0.5) is 5.69 Å². The summed E-state index contributed by atoms with van der Waals surface area (Å²) >= 11 is 6.45. The van der Waals surface area contributed by atoms with Gasteiger partial charge in [-0.15, -0.1) is 0 Å². The molecule has 1 aliphatic heterocycles. The number of fused-ring (bicyclic) bond motifs is 1. The zero-order valence-electron chi connectivity index (χ0n) is 24.4. The predicted octanol–water partition coefficient (Wildman–Crippen LogP) is 4.24. The van der Waals surface area contributed by atoms with Gasteiger partial charge in [-0.25, -0.2) is 4.79 Å². The number of hydrogen-bond acceptors (Lipinski definition) is 8. The van der Waals surface area contributed by atoms with Gasteiger partial charge in [0.2, 0.25) is 11.7 Å². The van der Waals surface area contributed by atoms with E-state index in [4.69, 9.17) is 35.3 Å². The number of nitrogens with zero attached hydrogens (tertiary/aromatic N) is 1. The quantitative estimate of drug-likeness (QED) is 0.272. The molecule has 3 aromatic rings. The number of carboxylic acids is 1. The van der Waals surface area contributed by atoms with Crippen molar-refractivity contribution in [3.8, 4) is 11.5 Å². The third kappa shape index (κ3) is 7.30. The van der Waals surface area contributed by atoms with Crippen LogP contribution in [-0.2, 0) is 20.7 Å². The van der Waals surface area contributed by atoms with Crippen LogP contribution in [0, 0.1) is 5.41 Å². The lowest BCUT2D eigenvalue weighted by Gasteiger charge is -2.32. The van der Waals surface area contributed by atoms with Gasteiger partial charge in [0, 0.05) is 53.4 Å². The topological polar surface area (TPSA) is 148 Å². The van der Waals surface area contributed by atoms with E-state index < -0.39 is 35.4 Å². The van der Waals surface area contributed by atoms with Gasteiger partial charge in [-0.05, 0) is 36.4 Å². The molecule has 2 atom stereocenters. The average Bonchev–Trinajstić information content (AvgIpc) is 3.43. The molecule has 0 unspecified atom stereocenters. The standard InChI is InChI=1S/C31H35ClN2O9/c1-31(2,17-35)16-34-22-10-8-18(32)14-21(22)27(20-6-5-7-23(40-3)28(20)41-4)43-25(29(34)37)15-26(36)33-13-12-19-9-11-24(42-19)30(38)39/h5-11,14,25,27,35H,12-13,15-17H2,1-4H3,(H,33,36)(H,38,39)/t25-,27-/m1/s1. The van der Waals surface area contributed by atoms with E-state index in [9.17, 15) is 19.5 Å². The van der Waals surface area contributed by atoms with Crippen molar-refractivity contribution in [1.29, 1.82) is 0 Å². The lowest BCUT2D eigenvalue weighted by Crippen LogP contribution is -2.46. The summed E-state index contributed by atoms with van der Waals surface area (Å²) in [6.07, 6.45) is -2.15. The fraction of sp³-hybridized carbons (Fsp3) is 0.387. The number of halogens is 1. The van der Waals surface area contributed by atoms with E-state index in [-0.39, 0.29) is 38.3 Å². The highest BCUT2D eigenvalue weighted by atomic mass is 35.5. The fourth-order valence-corrected chi connectivity index (χ4v) is 5.08. The molecule has 0 saturated heterocycles. The third-order valence-corrected chi connectivity index (χ3v) is 7.31. The van der Waals surface area contributed by atoms with Crippen molar-refractivity contribution in [3.05, 3.63) is 76.2 Å². The predicted molar refractivity (Wildman–Crippen MR) is 158 cm³/mol. The van der Waals surface area contributed by atoms with E-state index in [0.29, 0.717) is 39.1 Å². The van der Waals surface area contributed by atoms with Crippen molar-refractivity contribution in [2.45, 2.75) is 38.9 Å². The van der Waals surface area contributed by atoms with Gasteiger partial charge in [0.15, 0.2) is 11.5 Å². The second-order valence-corrected chi connectivity index (χ2v) is 11.3. The number of benzene rings is 2. The van der Waals surface area contributed by atoms with Gasteiger partial charge in [0.05, 0.1) is 20.6 Å². The first-order valence-corrected chi connectivity index (χ1v) is 14.0. The van der Waals surface area contributed by atoms with Gasteiger partial charge in [0.1, 0.15) is 18.0 Å². The number of methoxy groups -OCH3 is 2. The maximum atomic E-state index is 14.1. The molecule has 12 heteroatoms. The summed E-state index contributed by atoms with van der Waals surface area (Å²) in [6.45, 7) is 3.77. The number of aliphatic hydroxyl groups is 1. The number of ether oxygens (including phenoxy) is 3. The van der Waals surface area contributed by atoms with Crippen LogP contribution in [0.2, 0.25) is 5.02 Å². The van der Waals surface area contributed by atoms with Crippen molar-refractivity contribution in [2.24, 2.45) is 5.41 Å². The molecular weight excluding hydrogens is 580 g/mol. The van der Waals surface area contributed by atoms with Gasteiger partial charge in [-0.3, -0.25) is 9.59 Å². The normalized spacial score (nSPS) is 16.8. The van der Waals surface area contributed by atoms with Crippen LogP contribution in [0.25, 0.3) is 0 Å². The number of aliphatic hydroxyl groups excluding tert-OH is 1. The molecule has 0 fully saturated rings. The highest BCUT2D eigenvalue weighted by Gasteiger charge is 2.40. The van der Waals surface area contributed by atoms with E-state index in [1.807, 2.05) is 13.8 Å². The molecule has 230 valence electrons. The van der Waals surface area contributed by atoms with E-state index in [1.54, 1.807) is 36.4 Å². The number of amides is 2. The molecule has 43 heavy (non-hydrogen) atoms. The largest absolute Gasteiger partial charge is 0.493 e. The van der Waals surface area contributed by atoms with Crippen molar-refractivity contribution >= 4 is 35.1 Å². The molecule has 0 radical (unpaired) electrons. The number of carbonyl (C=O) groups excluding carboxylic acids is 2. The Morgan fingerprint density at radius 3 is 2.51 bits per heavy atom.